The van der Waals surface area contributed by atoms with E-state index in [0.717, 1.165) is 23.3 Å². The van der Waals surface area contributed by atoms with Crippen LogP contribution in [-0.2, 0) is 6.18 Å². The van der Waals surface area contributed by atoms with Crippen molar-refractivity contribution < 1.29 is 13.2 Å². The topological polar surface area (TPSA) is 24.4 Å². The highest BCUT2D eigenvalue weighted by Gasteiger charge is 2.30. The summed E-state index contributed by atoms with van der Waals surface area (Å²) in [6, 6.07) is 12.7. The summed E-state index contributed by atoms with van der Waals surface area (Å²) in [5.74, 6) is 0. The SMILES string of the molecule is C/C(=N\Nc1cccc(C(F)(F)F)c1)c1ccc(C)cc1. The van der Waals surface area contributed by atoms with Crippen LogP contribution in [0, 0.1) is 6.92 Å². The lowest BCUT2D eigenvalue weighted by Gasteiger charge is -2.09. The van der Waals surface area contributed by atoms with Crippen LogP contribution in [0.15, 0.2) is 53.6 Å². The van der Waals surface area contributed by atoms with Crippen molar-refractivity contribution in [3.8, 4) is 0 Å². The van der Waals surface area contributed by atoms with E-state index >= 15 is 0 Å². The van der Waals surface area contributed by atoms with Crippen LogP contribution in [0.25, 0.3) is 0 Å². The van der Waals surface area contributed by atoms with Gasteiger partial charge in [0, 0.05) is 0 Å². The van der Waals surface area contributed by atoms with Gasteiger partial charge in [0.25, 0.3) is 0 Å². The number of nitrogens with zero attached hydrogens (tertiary/aromatic N) is 1. The number of anilines is 1. The van der Waals surface area contributed by atoms with E-state index in [1.165, 1.54) is 6.07 Å². The molecule has 5 heteroatoms. The van der Waals surface area contributed by atoms with Gasteiger partial charge in [-0.1, -0.05) is 35.9 Å². The van der Waals surface area contributed by atoms with Crippen LogP contribution in [0.5, 0.6) is 0 Å². The maximum atomic E-state index is 12.6. The second kappa shape index (κ2) is 5.99. The summed E-state index contributed by atoms with van der Waals surface area (Å²) in [4.78, 5) is 0. The lowest BCUT2D eigenvalue weighted by atomic mass is 10.1. The minimum absolute atomic E-state index is 0.302. The summed E-state index contributed by atoms with van der Waals surface area (Å²) in [6.07, 6.45) is -4.35. The van der Waals surface area contributed by atoms with E-state index < -0.39 is 11.7 Å². The fourth-order valence-electron chi connectivity index (χ4n) is 1.77. The Morgan fingerprint density at radius 3 is 2.33 bits per heavy atom. The van der Waals surface area contributed by atoms with Crippen LogP contribution >= 0.6 is 0 Å². The first-order valence-corrected chi connectivity index (χ1v) is 6.41. The van der Waals surface area contributed by atoms with E-state index in [0.29, 0.717) is 11.4 Å². The fraction of sp³-hybridized carbons (Fsp3) is 0.188. The van der Waals surface area contributed by atoms with Gasteiger partial charge in [0.2, 0.25) is 0 Å². The number of hydrazone groups is 1. The molecular weight excluding hydrogens is 277 g/mol. The molecule has 0 aliphatic heterocycles. The van der Waals surface area contributed by atoms with Crippen molar-refractivity contribution in [3.63, 3.8) is 0 Å². The summed E-state index contributed by atoms with van der Waals surface area (Å²) in [5, 5.41) is 4.12. The second-order valence-electron chi connectivity index (χ2n) is 4.75. The number of hydrogen-bond acceptors (Lipinski definition) is 2. The average molecular weight is 292 g/mol. The van der Waals surface area contributed by atoms with Gasteiger partial charge in [-0.05, 0) is 37.6 Å². The van der Waals surface area contributed by atoms with E-state index in [-0.39, 0.29) is 0 Å². The Morgan fingerprint density at radius 1 is 1.05 bits per heavy atom. The minimum Gasteiger partial charge on any atom is -0.278 e. The van der Waals surface area contributed by atoms with E-state index in [4.69, 9.17) is 0 Å². The number of alkyl halides is 3. The van der Waals surface area contributed by atoms with Gasteiger partial charge < -0.3 is 0 Å². The number of benzene rings is 2. The zero-order valence-electron chi connectivity index (χ0n) is 11.7. The highest BCUT2D eigenvalue weighted by Crippen LogP contribution is 2.30. The summed E-state index contributed by atoms with van der Waals surface area (Å²) in [5.41, 5.74) is 5.02. The Hall–Kier alpha value is -2.30. The molecule has 0 aliphatic carbocycles. The summed E-state index contributed by atoms with van der Waals surface area (Å²) in [7, 11) is 0. The average Bonchev–Trinajstić information content (AvgIpc) is 2.45. The monoisotopic (exact) mass is 292 g/mol. The molecule has 0 radical (unpaired) electrons. The molecule has 0 heterocycles. The molecule has 0 unspecified atom stereocenters. The smallest absolute Gasteiger partial charge is 0.278 e. The Morgan fingerprint density at radius 2 is 1.71 bits per heavy atom. The Kier molecular flexibility index (Phi) is 4.31. The molecular formula is C16H15F3N2. The van der Waals surface area contributed by atoms with Crippen molar-refractivity contribution in [2.75, 3.05) is 5.43 Å². The third-order valence-electron chi connectivity index (χ3n) is 3.01. The number of hydrogen-bond donors (Lipinski definition) is 1. The zero-order valence-corrected chi connectivity index (χ0v) is 11.7. The molecule has 2 nitrogen and oxygen atoms in total. The first kappa shape index (κ1) is 15.1. The van der Waals surface area contributed by atoms with Gasteiger partial charge in [-0.2, -0.15) is 18.3 Å². The highest BCUT2D eigenvalue weighted by molar-refractivity contribution is 5.99. The van der Waals surface area contributed by atoms with Crippen molar-refractivity contribution in [3.05, 3.63) is 65.2 Å². The van der Waals surface area contributed by atoms with E-state index in [2.05, 4.69) is 10.5 Å². The Bertz CT molecular complexity index is 643. The molecule has 0 aliphatic rings. The summed E-state index contributed by atoms with van der Waals surface area (Å²) >= 11 is 0. The zero-order chi connectivity index (χ0) is 15.5. The van der Waals surface area contributed by atoms with E-state index in [9.17, 15) is 13.2 Å². The molecule has 0 atom stereocenters. The molecule has 0 spiro atoms. The van der Waals surface area contributed by atoms with Crippen molar-refractivity contribution in [1.82, 2.24) is 0 Å². The first-order chi connectivity index (χ1) is 9.86. The lowest BCUT2D eigenvalue weighted by molar-refractivity contribution is -0.137. The van der Waals surface area contributed by atoms with Gasteiger partial charge in [0.05, 0.1) is 17.0 Å². The third kappa shape index (κ3) is 4.08. The van der Waals surface area contributed by atoms with Gasteiger partial charge in [-0.15, -0.1) is 0 Å². The van der Waals surface area contributed by atoms with E-state index in [1.54, 1.807) is 13.0 Å². The van der Waals surface area contributed by atoms with Crippen LogP contribution in [0.1, 0.15) is 23.6 Å². The molecule has 0 amide bonds. The summed E-state index contributed by atoms with van der Waals surface area (Å²) in [6.45, 7) is 3.78. The molecule has 21 heavy (non-hydrogen) atoms. The van der Waals surface area contributed by atoms with Crippen molar-refractivity contribution in [2.24, 2.45) is 5.10 Å². The first-order valence-electron chi connectivity index (χ1n) is 6.41. The molecule has 0 bridgehead atoms. The Balaban J connectivity index is 2.15. The summed E-state index contributed by atoms with van der Waals surface area (Å²) < 4.78 is 37.8. The number of nitrogens with one attached hydrogen (secondary N) is 1. The molecule has 2 rings (SSSR count). The fourth-order valence-corrected chi connectivity index (χ4v) is 1.77. The number of aryl methyl sites for hydroxylation is 1. The van der Waals surface area contributed by atoms with Crippen LogP contribution in [0.3, 0.4) is 0 Å². The minimum atomic E-state index is -4.35. The largest absolute Gasteiger partial charge is 0.416 e. The predicted octanol–water partition coefficient (Wildman–Crippen LogP) is 4.85. The molecule has 2 aromatic rings. The van der Waals surface area contributed by atoms with Crippen LogP contribution in [0.2, 0.25) is 0 Å². The quantitative estimate of drug-likeness (QED) is 0.634. The standard InChI is InChI=1S/C16H15F3N2/c1-11-6-8-13(9-7-11)12(2)20-21-15-5-3-4-14(10-15)16(17,18)19/h3-10,21H,1-2H3/b20-12+. The number of halogens is 3. The maximum absolute atomic E-state index is 12.6. The van der Waals surface area contributed by atoms with Crippen LogP contribution in [-0.4, -0.2) is 5.71 Å². The highest BCUT2D eigenvalue weighted by atomic mass is 19.4. The number of rotatable bonds is 3. The lowest BCUT2D eigenvalue weighted by Crippen LogP contribution is -2.05. The van der Waals surface area contributed by atoms with Gasteiger partial charge in [-0.25, -0.2) is 0 Å². The molecule has 0 fully saturated rings. The van der Waals surface area contributed by atoms with Gasteiger partial charge in [0.1, 0.15) is 0 Å². The van der Waals surface area contributed by atoms with Gasteiger partial charge >= 0.3 is 6.18 Å². The molecule has 110 valence electrons. The van der Waals surface area contributed by atoms with Crippen molar-refractivity contribution >= 4 is 11.4 Å². The molecule has 1 N–H and O–H groups in total. The Labute approximate surface area is 121 Å². The van der Waals surface area contributed by atoms with Gasteiger partial charge in [0.15, 0.2) is 0 Å². The molecule has 0 saturated carbocycles. The van der Waals surface area contributed by atoms with Crippen LogP contribution < -0.4 is 5.43 Å². The predicted molar refractivity (Wildman–Crippen MR) is 78.5 cm³/mol. The molecule has 0 saturated heterocycles. The molecule has 2 aromatic carbocycles. The second-order valence-corrected chi connectivity index (χ2v) is 4.75. The van der Waals surface area contributed by atoms with Crippen molar-refractivity contribution in [2.45, 2.75) is 20.0 Å². The normalized spacial score (nSPS) is 12.3. The van der Waals surface area contributed by atoms with Gasteiger partial charge in [-0.3, -0.25) is 5.43 Å². The molecule has 0 aromatic heterocycles. The third-order valence-corrected chi connectivity index (χ3v) is 3.01. The van der Waals surface area contributed by atoms with E-state index in [1.807, 2.05) is 31.2 Å². The van der Waals surface area contributed by atoms with Crippen LogP contribution in [0.4, 0.5) is 18.9 Å². The van der Waals surface area contributed by atoms with Crippen molar-refractivity contribution in [1.29, 1.82) is 0 Å². The maximum Gasteiger partial charge on any atom is 0.416 e.